The van der Waals surface area contributed by atoms with Crippen LogP contribution in [0.5, 0.6) is 0 Å². The van der Waals surface area contributed by atoms with E-state index in [1.165, 1.54) is 33.1 Å². The van der Waals surface area contributed by atoms with E-state index in [1.54, 1.807) is 6.26 Å². The van der Waals surface area contributed by atoms with E-state index in [-0.39, 0.29) is 5.41 Å². The number of aromatic nitrogens is 2. The van der Waals surface area contributed by atoms with Gasteiger partial charge in [0, 0.05) is 14.7 Å². The number of hydrogen-bond acceptors (Lipinski definition) is 3. The van der Waals surface area contributed by atoms with Crippen molar-refractivity contribution in [2.24, 2.45) is 10.9 Å². The minimum Gasteiger partial charge on any atom is -0.463 e. The maximum atomic E-state index is 5.67. The summed E-state index contributed by atoms with van der Waals surface area (Å²) in [5.41, 5.74) is 8.09. The lowest BCUT2D eigenvalue weighted by molar-refractivity contribution is 0.178. The predicted octanol–water partition coefficient (Wildman–Crippen LogP) is 6.78. The molecule has 0 saturated heterocycles. The largest absolute Gasteiger partial charge is 0.463 e. The highest BCUT2D eigenvalue weighted by molar-refractivity contribution is 14.1. The molecule has 0 spiro atoms. The summed E-state index contributed by atoms with van der Waals surface area (Å²) < 4.78 is 9.07. The molecule has 0 bridgehead atoms. The Hall–Kier alpha value is -2.67. The van der Waals surface area contributed by atoms with Gasteiger partial charge in [-0.3, -0.25) is 9.56 Å². The first-order valence-electron chi connectivity index (χ1n) is 11.1. The molecular formula is C27H24IN3O. The van der Waals surface area contributed by atoms with E-state index in [9.17, 15) is 0 Å². The van der Waals surface area contributed by atoms with Crippen molar-refractivity contribution in [1.82, 2.24) is 9.55 Å². The highest BCUT2D eigenvalue weighted by Crippen LogP contribution is 2.48. The van der Waals surface area contributed by atoms with Gasteiger partial charge in [0.05, 0.1) is 29.9 Å². The summed E-state index contributed by atoms with van der Waals surface area (Å²) in [5.74, 6) is 1.57. The van der Waals surface area contributed by atoms with Crippen LogP contribution < -0.4 is 0 Å². The first-order chi connectivity index (χ1) is 15.5. The second-order valence-corrected chi connectivity index (χ2v) is 10.5. The lowest BCUT2D eigenvalue weighted by atomic mass is 9.60. The third-order valence-corrected chi connectivity index (χ3v) is 7.88. The average molecular weight is 533 g/mol. The van der Waals surface area contributed by atoms with Crippen LogP contribution in [-0.2, 0) is 12.0 Å². The second-order valence-electron chi connectivity index (χ2n) is 9.34. The van der Waals surface area contributed by atoms with Crippen LogP contribution in [0.15, 0.2) is 76.6 Å². The summed E-state index contributed by atoms with van der Waals surface area (Å²) in [4.78, 5) is 9.87. The molecule has 4 nitrogen and oxygen atoms in total. The number of halogens is 1. The molecule has 5 heteroatoms. The van der Waals surface area contributed by atoms with E-state index >= 15 is 0 Å². The van der Waals surface area contributed by atoms with Gasteiger partial charge in [-0.05, 0) is 82.7 Å². The number of aliphatic imine (C=N–C) groups is 1. The Bertz CT molecular complexity index is 1340. The van der Waals surface area contributed by atoms with Crippen molar-refractivity contribution < 1.29 is 4.42 Å². The van der Waals surface area contributed by atoms with Crippen LogP contribution in [0.4, 0.5) is 0 Å². The number of fused-ring (bicyclic) bond motifs is 3. The van der Waals surface area contributed by atoms with E-state index < -0.39 is 0 Å². The molecule has 4 aromatic rings. The van der Waals surface area contributed by atoms with Gasteiger partial charge >= 0.3 is 0 Å². The van der Waals surface area contributed by atoms with Gasteiger partial charge < -0.3 is 4.42 Å². The van der Waals surface area contributed by atoms with E-state index in [4.69, 9.17) is 14.4 Å². The normalized spacial score (nSPS) is 21.8. The highest BCUT2D eigenvalue weighted by atomic mass is 127. The number of imidazole rings is 1. The molecule has 160 valence electrons. The van der Waals surface area contributed by atoms with Crippen molar-refractivity contribution in [2.75, 3.05) is 0 Å². The Morgan fingerprint density at radius 1 is 1.06 bits per heavy atom. The van der Waals surface area contributed by atoms with Crippen molar-refractivity contribution in [2.45, 2.75) is 38.6 Å². The van der Waals surface area contributed by atoms with E-state index in [1.807, 2.05) is 18.5 Å². The molecular weight excluding hydrogens is 509 g/mol. The topological polar surface area (TPSA) is 43.3 Å². The number of furan rings is 1. The molecule has 0 amide bonds. The number of benzene rings is 2. The van der Waals surface area contributed by atoms with Gasteiger partial charge in [0.2, 0.25) is 0 Å². The van der Waals surface area contributed by atoms with Crippen LogP contribution in [0.25, 0.3) is 17.1 Å². The molecule has 0 N–H and O–H groups in total. The van der Waals surface area contributed by atoms with Crippen LogP contribution >= 0.6 is 22.6 Å². The van der Waals surface area contributed by atoms with Crippen molar-refractivity contribution >= 4 is 28.3 Å². The van der Waals surface area contributed by atoms with Crippen molar-refractivity contribution in [3.05, 3.63) is 93.1 Å². The molecule has 1 aliphatic carbocycles. The Kier molecular flexibility index (Phi) is 4.64. The number of hydrogen-bond donors (Lipinski definition) is 0. The third-order valence-electron chi connectivity index (χ3n) is 6.94. The van der Waals surface area contributed by atoms with Gasteiger partial charge in [0.25, 0.3) is 0 Å². The lowest BCUT2D eigenvalue weighted by Crippen LogP contribution is -2.37. The average Bonchev–Trinajstić information content (AvgIpc) is 3.41. The zero-order chi connectivity index (χ0) is 21.9. The highest BCUT2D eigenvalue weighted by Gasteiger charge is 2.39. The molecule has 1 fully saturated rings. The summed E-state index contributed by atoms with van der Waals surface area (Å²) in [6, 6.07) is 19.3. The molecule has 1 aliphatic heterocycles. The minimum atomic E-state index is 0.243. The zero-order valence-corrected chi connectivity index (χ0v) is 20.3. The smallest absolute Gasteiger partial charge is 0.154 e. The fourth-order valence-electron chi connectivity index (χ4n) is 5.50. The first-order valence-corrected chi connectivity index (χ1v) is 12.2. The predicted molar refractivity (Wildman–Crippen MR) is 136 cm³/mol. The molecule has 1 saturated carbocycles. The monoisotopic (exact) mass is 533 g/mol. The molecule has 6 rings (SSSR count). The minimum absolute atomic E-state index is 0.243. The fourth-order valence-corrected chi connectivity index (χ4v) is 6.14. The van der Waals surface area contributed by atoms with Gasteiger partial charge in [-0.25, -0.2) is 4.98 Å². The maximum Gasteiger partial charge on any atom is 0.154 e. The van der Waals surface area contributed by atoms with Gasteiger partial charge in [0.15, 0.2) is 5.76 Å². The SMILES string of the molecule is CC1CC(C)(c2ccc3c(c2)C(c2ccccc2I)=NCc2c(-c4ccco4)ncn2-3)C1. The third kappa shape index (κ3) is 3.09. The Morgan fingerprint density at radius 2 is 1.91 bits per heavy atom. The summed E-state index contributed by atoms with van der Waals surface area (Å²) in [5, 5.41) is 0. The van der Waals surface area contributed by atoms with Gasteiger partial charge in [-0.1, -0.05) is 38.1 Å². The number of rotatable bonds is 3. The van der Waals surface area contributed by atoms with Gasteiger partial charge in [0.1, 0.15) is 12.0 Å². The first kappa shape index (κ1) is 20.0. The van der Waals surface area contributed by atoms with Crippen LogP contribution in [0.1, 0.15) is 49.1 Å². The van der Waals surface area contributed by atoms with E-state index in [2.05, 4.69) is 83.5 Å². The zero-order valence-electron chi connectivity index (χ0n) is 18.2. The summed E-state index contributed by atoms with van der Waals surface area (Å²) in [6.07, 6.45) is 6.08. The summed E-state index contributed by atoms with van der Waals surface area (Å²) in [7, 11) is 0. The van der Waals surface area contributed by atoms with Gasteiger partial charge in [-0.15, -0.1) is 0 Å². The van der Waals surface area contributed by atoms with Crippen molar-refractivity contribution in [3.63, 3.8) is 0 Å². The van der Waals surface area contributed by atoms with Crippen molar-refractivity contribution in [3.8, 4) is 17.1 Å². The summed E-state index contributed by atoms with van der Waals surface area (Å²) >= 11 is 2.42. The van der Waals surface area contributed by atoms with Crippen LogP contribution in [0.2, 0.25) is 0 Å². The quantitative estimate of drug-likeness (QED) is 0.273. The van der Waals surface area contributed by atoms with Crippen LogP contribution in [-0.4, -0.2) is 15.3 Å². The van der Waals surface area contributed by atoms with Crippen molar-refractivity contribution in [1.29, 1.82) is 0 Å². The molecule has 0 unspecified atom stereocenters. The molecule has 2 aromatic heterocycles. The number of nitrogens with zero attached hydrogens (tertiary/aromatic N) is 3. The lowest BCUT2D eigenvalue weighted by Gasteiger charge is -2.44. The summed E-state index contributed by atoms with van der Waals surface area (Å²) in [6.45, 7) is 5.29. The Morgan fingerprint density at radius 3 is 2.66 bits per heavy atom. The van der Waals surface area contributed by atoms with Crippen LogP contribution in [0, 0.1) is 9.49 Å². The Labute approximate surface area is 201 Å². The molecule has 0 atom stereocenters. The fraction of sp³-hybridized carbons (Fsp3) is 0.259. The molecule has 2 aliphatic rings. The van der Waals surface area contributed by atoms with Gasteiger partial charge in [-0.2, -0.15) is 0 Å². The molecule has 3 heterocycles. The maximum absolute atomic E-state index is 5.67. The molecule has 0 radical (unpaired) electrons. The molecule has 2 aromatic carbocycles. The Balaban J connectivity index is 1.57. The standard InChI is InChI=1S/C27H24IN3O/c1-17-13-27(2,14-17)18-9-10-22-20(12-18)25(19-6-3-4-7-21(19)28)29-15-23-26(30-16-31(22)23)24-8-5-11-32-24/h3-12,16-17H,13-15H2,1-2H3. The van der Waals surface area contributed by atoms with Crippen LogP contribution in [0.3, 0.4) is 0 Å². The second kappa shape index (κ2) is 7.44. The van der Waals surface area contributed by atoms with E-state index in [0.717, 1.165) is 34.5 Å². The molecule has 32 heavy (non-hydrogen) atoms. The van der Waals surface area contributed by atoms with E-state index in [0.29, 0.717) is 6.54 Å².